The Kier molecular flexibility index (Phi) is 6.45. The average Bonchev–Trinajstić information content (AvgIpc) is 3.18. The Hall–Kier alpha value is -1.88. The fourth-order valence-corrected chi connectivity index (χ4v) is 3.99. The molecule has 0 aromatic heterocycles. The highest BCUT2D eigenvalue weighted by Gasteiger charge is 2.28. The lowest BCUT2D eigenvalue weighted by Gasteiger charge is -2.34. The zero-order chi connectivity index (χ0) is 17.5. The molecule has 136 valence electrons. The van der Waals surface area contributed by atoms with Gasteiger partial charge in [-0.1, -0.05) is 50.3 Å². The van der Waals surface area contributed by atoms with Crippen molar-refractivity contribution in [3.8, 4) is 0 Å². The number of amides is 1. The molecule has 0 bridgehead atoms. The van der Waals surface area contributed by atoms with Gasteiger partial charge in [0.05, 0.1) is 5.92 Å². The Morgan fingerprint density at radius 3 is 2.28 bits per heavy atom. The summed E-state index contributed by atoms with van der Waals surface area (Å²) in [5, 5.41) is 0. The molecule has 1 N–H and O–H groups in total. The molecular formula is C20H28N2O3. The molecule has 0 heterocycles. The van der Waals surface area contributed by atoms with E-state index in [2.05, 4.69) is 5.48 Å². The van der Waals surface area contributed by atoms with Gasteiger partial charge in [-0.05, 0) is 37.8 Å². The van der Waals surface area contributed by atoms with Crippen molar-refractivity contribution in [2.24, 2.45) is 5.92 Å². The minimum Gasteiger partial charge on any atom is -0.370 e. The van der Waals surface area contributed by atoms with Gasteiger partial charge in [-0.25, -0.2) is 0 Å². The van der Waals surface area contributed by atoms with E-state index < -0.39 is 0 Å². The van der Waals surface area contributed by atoms with Gasteiger partial charge in [0.15, 0.2) is 0 Å². The van der Waals surface area contributed by atoms with Crippen molar-refractivity contribution >= 4 is 17.6 Å². The highest BCUT2D eigenvalue weighted by Crippen LogP contribution is 2.28. The van der Waals surface area contributed by atoms with E-state index >= 15 is 0 Å². The summed E-state index contributed by atoms with van der Waals surface area (Å²) in [4.78, 5) is 31.8. The highest BCUT2D eigenvalue weighted by atomic mass is 16.7. The van der Waals surface area contributed by atoms with Gasteiger partial charge >= 0.3 is 5.97 Å². The second-order valence-corrected chi connectivity index (χ2v) is 7.11. The maximum absolute atomic E-state index is 12.8. The first kappa shape index (κ1) is 17.9. The molecule has 2 aliphatic carbocycles. The first-order chi connectivity index (χ1) is 12.3. The van der Waals surface area contributed by atoms with Gasteiger partial charge in [0.2, 0.25) is 5.91 Å². The first-order valence-electron chi connectivity index (χ1n) is 9.56. The minimum absolute atomic E-state index is 0.00817. The standard InChI is InChI=1S/C20H28N2O3/c23-19(15-21-25-20(24)16-9-7-8-10-16)22(17-11-3-1-4-12-17)18-13-5-2-6-14-18/h1,3-4,11-12,16,18,21H,2,5-10,13-15H2. The largest absolute Gasteiger partial charge is 0.370 e. The minimum atomic E-state index is -0.228. The van der Waals surface area contributed by atoms with Crippen molar-refractivity contribution in [3.05, 3.63) is 30.3 Å². The number of hydrogen-bond donors (Lipinski definition) is 1. The summed E-state index contributed by atoms with van der Waals surface area (Å²) in [6, 6.07) is 10.0. The topological polar surface area (TPSA) is 58.6 Å². The Morgan fingerprint density at radius 2 is 1.60 bits per heavy atom. The number of nitrogens with one attached hydrogen (secondary N) is 1. The summed E-state index contributed by atoms with van der Waals surface area (Å²) in [6.45, 7) is 0.0177. The number of para-hydroxylation sites is 1. The monoisotopic (exact) mass is 344 g/mol. The van der Waals surface area contributed by atoms with Crippen molar-refractivity contribution in [1.29, 1.82) is 0 Å². The second kappa shape index (κ2) is 8.99. The quantitative estimate of drug-likeness (QED) is 0.801. The zero-order valence-corrected chi connectivity index (χ0v) is 14.8. The summed E-state index contributed by atoms with van der Waals surface area (Å²) in [5.41, 5.74) is 3.53. The Labute approximate surface area is 149 Å². The van der Waals surface area contributed by atoms with Crippen LogP contribution in [0, 0.1) is 5.92 Å². The second-order valence-electron chi connectivity index (χ2n) is 7.11. The van der Waals surface area contributed by atoms with Crippen LogP contribution in [-0.4, -0.2) is 24.5 Å². The van der Waals surface area contributed by atoms with Crippen LogP contribution in [0.4, 0.5) is 5.69 Å². The molecule has 0 radical (unpaired) electrons. The maximum Gasteiger partial charge on any atom is 0.327 e. The van der Waals surface area contributed by atoms with Gasteiger partial charge in [0, 0.05) is 11.7 Å². The summed E-state index contributed by atoms with van der Waals surface area (Å²) in [5.74, 6) is -0.280. The molecule has 0 unspecified atom stereocenters. The molecule has 1 aromatic rings. The number of anilines is 1. The van der Waals surface area contributed by atoms with Crippen LogP contribution in [0.2, 0.25) is 0 Å². The molecular weight excluding hydrogens is 316 g/mol. The third kappa shape index (κ3) is 4.82. The van der Waals surface area contributed by atoms with E-state index in [-0.39, 0.29) is 30.4 Å². The molecule has 25 heavy (non-hydrogen) atoms. The van der Waals surface area contributed by atoms with Crippen LogP contribution in [0.1, 0.15) is 57.8 Å². The molecule has 0 spiro atoms. The van der Waals surface area contributed by atoms with Gasteiger partial charge in [-0.15, -0.1) is 5.48 Å². The fourth-order valence-electron chi connectivity index (χ4n) is 3.99. The number of nitrogens with zero attached hydrogens (tertiary/aromatic N) is 1. The van der Waals surface area contributed by atoms with Crippen LogP contribution in [0.25, 0.3) is 0 Å². The number of rotatable bonds is 6. The van der Waals surface area contributed by atoms with E-state index in [0.717, 1.165) is 57.1 Å². The lowest BCUT2D eigenvalue weighted by Crippen LogP contribution is -2.46. The molecule has 0 atom stereocenters. The van der Waals surface area contributed by atoms with Crippen LogP contribution < -0.4 is 10.4 Å². The van der Waals surface area contributed by atoms with Gasteiger partial charge in [0.25, 0.3) is 0 Å². The predicted octanol–water partition coefficient (Wildman–Crippen LogP) is 3.59. The number of carbonyl (C=O) groups is 2. The van der Waals surface area contributed by atoms with Crippen molar-refractivity contribution in [1.82, 2.24) is 5.48 Å². The van der Waals surface area contributed by atoms with Crippen LogP contribution in [0.15, 0.2) is 30.3 Å². The van der Waals surface area contributed by atoms with Crippen molar-refractivity contribution in [3.63, 3.8) is 0 Å². The number of hydroxylamine groups is 1. The molecule has 0 saturated heterocycles. The van der Waals surface area contributed by atoms with Crippen LogP contribution in [-0.2, 0) is 14.4 Å². The number of carbonyl (C=O) groups excluding carboxylic acids is 2. The van der Waals surface area contributed by atoms with Gasteiger partial charge in [-0.2, -0.15) is 0 Å². The van der Waals surface area contributed by atoms with E-state index in [4.69, 9.17) is 4.84 Å². The fraction of sp³-hybridized carbons (Fsp3) is 0.600. The molecule has 2 fully saturated rings. The van der Waals surface area contributed by atoms with E-state index in [9.17, 15) is 9.59 Å². The molecule has 2 aliphatic rings. The molecule has 1 aromatic carbocycles. The van der Waals surface area contributed by atoms with Crippen molar-refractivity contribution < 1.29 is 14.4 Å². The van der Waals surface area contributed by atoms with Crippen LogP contribution in [0.3, 0.4) is 0 Å². The predicted molar refractivity (Wildman–Crippen MR) is 96.9 cm³/mol. The third-order valence-corrected chi connectivity index (χ3v) is 5.33. The van der Waals surface area contributed by atoms with E-state index in [1.165, 1.54) is 6.42 Å². The summed E-state index contributed by atoms with van der Waals surface area (Å²) in [6.07, 6.45) is 9.58. The number of hydrogen-bond acceptors (Lipinski definition) is 4. The van der Waals surface area contributed by atoms with Gasteiger partial charge < -0.3 is 9.74 Å². The molecule has 5 nitrogen and oxygen atoms in total. The Balaban J connectivity index is 1.57. The summed E-state index contributed by atoms with van der Waals surface area (Å²) < 4.78 is 0. The van der Waals surface area contributed by atoms with Crippen molar-refractivity contribution in [2.45, 2.75) is 63.8 Å². The maximum atomic E-state index is 12.8. The van der Waals surface area contributed by atoms with E-state index in [1.807, 2.05) is 35.2 Å². The van der Waals surface area contributed by atoms with Gasteiger partial charge in [0.1, 0.15) is 6.54 Å². The lowest BCUT2D eigenvalue weighted by atomic mass is 9.93. The SMILES string of the molecule is O=C(ONCC(=O)N(c1ccccc1)C1CCCCC1)C1CCCC1. The molecule has 5 heteroatoms. The summed E-state index contributed by atoms with van der Waals surface area (Å²) >= 11 is 0. The molecule has 2 saturated carbocycles. The smallest absolute Gasteiger partial charge is 0.327 e. The molecule has 0 aliphatic heterocycles. The van der Waals surface area contributed by atoms with Crippen LogP contribution >= 0.6 is 0 Å². The van der Waals surface area contributed by atoms with E-state index in [1.54, 1.807) is 0 Å². The highest BCUT2D eigenvalue weighted by molar-refractivity contribution is 5.95. The van der Waals surface area contributed by atoms with Gasteiger partial charge in [-0.3, -0.25) is 9.59 Å². The Bertz CT molecular complexity index is 564. The normalized spacial score (nSPS) is 18.9. The molecule has 1 amide bonds. The Morgan fingerprint density at radius 1 is 0.960 bits per heavy atom. The van der Waals surface area contributed by atoms with E-state index in [0.29, 0.717) is 0 Å². The third-order valence-electron chi connectivity index (χ3n) is 5.33. The first-order valence-corrected chi connectivity index (χ1v) is 9.56. The number of benzene rings is 1. The van der Waals surface area contributed by atoms with Crippen molar-refractivity contribution in [2.75, 3.05) is 11.4 Å². The average molecular weight is 344 g/mol. The summed E-state index contributed by atoms with van der Waals surface area (Å²) in [7, 11) is 0. The zero-order valence-electron chi connectivity index (χ0n) is 14.8. The molecule has 3 rings (SSSR count). The van der Waals surface area contributed by atoms with Crippen LogP contribution in [0.5, 0.6) is 0 Å². The lowest BCUT2D eigenvalue weighted by molar-refractivity contribution is -0.156.